The summed E-state index contributed by atoms with van der Waals surface area (Å²) >= 11 is 0.832. The van der Waals surface area contributed by atoms with Crippen LogP contribution in [-0.2, 0) is 20.9 Å². The Morgan fingerprint density at radius 3 is 2.45 bits per heavy atom. The highest BCUT2D eigenvalue weighted by molar-refractivity contribution is 7.17. The van der Waals surface area contributed by atoms with E-state index in [0.717, 1.165) is 21.8 Å². The number of aromatic nitrogens is 1. The number of carbonyl (C=O) groups is 3. The van der Waals surface area contributed by atoms with Gasteiger partial charge in [-0.1, -0.05) is 53.8 Å². The number of methoxy groups -OCH3 is 1. The minimum Gasteiger partial charge on any atom is -0.507 e. The summed E-state index contributed by atoms with van der Waals surface area (Å²) in [5.41, 5.74) is 1.10. The smallest absolute Gasteiger partial charge is 0.350 e. The van der Waals surface area contributed by atoms with Gasteiger partial charge < -0.3 is 14.6 Å². The standard InChI is InChI=1S/C30H23N3O8S/c1-17-27(29(37)40-2)42-30(31-17)32-24(20-9-6-10-21(15-20)33(38)39)23(26(35)28(32)36)25(34)19-11-13-22(14-12-19)41-16-18-7-4-3-5-8-18/h3-15,24,34H,16H2,1-2H3/b25-23+. The molecule has 12 heteroatoms. The summed E-state index contributed by atoms with van der Waals surface area (Å²) in [4.78, 5) is 55.5. The number of carbonyl (C=O) groups excluding carboxylic acids is 3. The summed E-state index contributed by atoms with van der Waals surface area (Å²) in [5.74, 6) is -2.67. The van der Waals surface area contributed by atoms with Crippen molar-refractivity contribution in [1.29, 1.82) is 0 Å². The van der Waals surface area contributed by atoms with Crippen molar-refractivity contribution in [2.75, 3.05) is 12.0 Å². The van der Waals surface area contributed by atoms with Crippen molar-refractivity contribution >= 4 is 45.6 Å². The van der Waals surface area contributed by atoms with E-state index in [1.807, 2.05) is 30.3 Å². The third kappa shape index (κ3) is 5.34. The highest BCUT2D eigenvalue weighted by atomic mass is 32.1. The van der Waals surface area contributed by atoms with Gasteiger partial charge in [0.1, 0.15) is 23.0 Å². The van der Waals surface area contributed by atoms with E-state index in [9.17, 15) is 29.6 Å². The van der Waals surface area contributed by atoms with Crippen LogP contribution in [0.2, 0.25) is 0 Å². The van der Waals surface area contributed by atoms with Crippen molar-refractivity contribution in [3.63, 3.8) is 0 Å². The molecule has 0 spiro atoms. The number of esters is 1. The molecule has 0 aliphatic carbocycles. The normalized spacial score (nSPS) is 16.0. The van der Waals surface area contributed by atoms with Crippen molar-refractivity contribution < 1.29 is 33.9 Å². The first-order valence-corrected chi connectivity index (χ1v) is 13.4. The molecule has 1 fully saturated rings. The number of aryl methyl sites for hydroxylation is 1. The van der Waals surface area contributed by atoms with E-state index in [4.69, 9.17) is 9.47 Å². The molecule has 1 aromatic heterocycles. The van der Waals surface area contributed by atoms with Gasteiger partial charge in [0.25, 0.3) is 11.5 Å². The van der Waals surface area contributed by atoms with Gasteiger partial charge in [-0.25, -0.2) is 9.78 Å². The number of aliphatic hydroxyl groups is 1. The summed E-state index contributed by atoms with van der Waals surface area (Å²) in [5, 5.41) is 22.9. The molecule has 1 N–H and O–H groups in total. The summed E-state index contributed by atoms with van der Waals surface area (Å²) in [6, 6.07) is 20.0. The fraction of sp³-hybridized carbons (Fsp3) is 0.133. The predicted molar refractivity (Wildman–Crippen MR) is 153 cm³/mol. The third-order valence-corrected chi connectivity index (χ3v) is 7.72. The van der Waals surface area contributed by atoms with Crippen LogP contribution in [0, 0.1) is 17.0 Å². The lowest BCUT2D eigenvalue weighted by Crippen LogP contribution is -2.29. The first kappa shape index (κ1) is 28.2. The fourth-order valence-electron chi connectivity index (χ4n) is 4.53. The third-order valence-electron chi connectivity index (χ3n) is 6.58. The van der Waals surface area contributed by atoms with Gasteiger partial charge in [0, 0.05) is 17.7 Å². The molecule has 1 aliphatic heterocycles. The second-order valence-corrected chi connectivity index (χ2v) is 10.2. The number of non-ortho nitro benzene ring substituents is 1. The Hall–Kier alpha value is -5.36. The number of Topliss-reactive ketones (excluding diaryl/α,β-unsaturated/α-hetero) is 1. The van der Waals surface area contributed by atoms with Crippen molar-refractivity contribution in [2.45, 2.75) is 19.6 Å². The quantitative estimate of drug-likeness (QED) is 0.0721. The minimum absolute atomic E-state index is 0.00443. The molecule has 0 radical (unpaired) electrons. The van der Waals surface area contributed by atoms with Crippen LogP contribution in [0.15, 0.2) is 84.4 Å². The van der Waals surface area contributed by atoms with E-state index in [1.165, 1.54) is 43.5 Å². The molecule has 5 rings (SSSR count). The molecule has 11 nitrogen and oxygen atoms in total. The van der Waals surface area contributed by atoms with Crippen LogP contribution >= 0.6 is 11.3 Å². The maximum absolute atomic E-state index is 13.4. The largest absolute Gasteiger partial charge is 0.507 e. The van der Waals surface area contributed by atoms with Crippen LogP contribution in [0.4, 0.5) is 10.8 Å². The van der Waals surface area contributed by atoms with Gasteiger partial charge in [0.2, 0.25) is 0 Å². The van der Waals surface area contributed by atoms with E-state index in [2.05, 4.69) is 4.98 Å². The van der Waals surface area contributed by atoms with E-state index < -0.39 is 34.4 Å². The number of hydrogen-bond acceptors (Lipinski definition) is 10. The Bertz CT molecular complexity index is 1730. The number of amides is 1. The average Bonchev–Trinajstić information content (AvgIpc) is 3.52. The number of nitro benzene ring substituents is 1. The second-order valence-electron chi connectivity index (χ2n) is 9.22. The van der Waals surface area contributed by atoms with Crippen LogP contribution in [0.3, 0.4) is 0 Å². The monoisotopic (exact) mass is 585 g/mol. The van der Waals surface area contributed by atoms with Gasteiger partial charge in [0.15, 0.2) is 5.13 Å². The lowest BCUT2D eigenvalue weighted by atomic mass is 9.95. The SMILES string of the molecule is COC(=O)c1sc(N2C(=O)C(=O)/C(=C(/O)c3ccc(OCc4ccccc4)cc3)C2c2cccc([N+](=O)[O-])c2)nc1C. The first-order valence-electron chi connectivity index (χ1n) is 12.6. The van der Waals surface area contributed by atoms with E-state index in [0.29, 0.717) is 12.4 Å². The van der Waals surface area contributed by atoms with Gasteiger partial charge in [0.05, 0.1) is 29.3 Å². The summed E-state index contributed by atoms with van der Waals surface area (Å²) < 4.78 is 10.6. The van der Waals surface area contributed by atoms with Crippen molar-refractivity contribution in [1.82, 2.24) is 4.98 Å². The molecular formula is C30H23N3O8S. The summed E-state index contributed by atoms with van der Waals surface area (Å²) in [6.07, 6.45) is 0. The highest BCUT2D eigenvalue weighted by Crippen LogP contribution is 2.44. The van der Waals surface area contributed by atoms with Crippen molar-refractivity contribution in [2.24, 2.45) is 0 Å². The molecule has 1 unspecified atom stereocenters. The van der Waals surface area contributed by atoms with Gasteiger partial charge in [-0.2, -0.15) is 0 Å². The average molecular weight is 586 g/mol. The number of thiazole rings is 1. The lowest BCUT2D eigenvalue weighted by Gasteiger charge is -2.22. The van der Waals surface area contributed by atoms with Crippen LogP contribution in [0.5, 0.6) is 5.75 Å². The molecule has 1 aliphatic rings. The van der Waals surface area contributed by atoms with E-state index in [1.54, 1.807) is 19.1 Å². The second kappa shape index (κ2) is 11.6. The minimum atomic E-state index is -1.27. The molecule has 0 bridgehead atoms. The number of ketones is 1. The van der Waals surface area contributed by atoms with Gasteiger partial charge in [-0.15, -0.1) is 0 Å². The number of aliphatic hydroxyl groups excluding tert-OH is 1. The van der Waals surface area contributed by atoms with Crippen LogP contribution in [0.25, 0.3) is 5.76 Å². The van der Waals surface area contributed by atoms with E-state index in [-0.39, 0.29) is 38.1 Å². The molecule has 2 heterocycles. The fourth-order valence-corrected chi connectivity index (χ4v) is 5.54. The Kier molecular flexibility index (Phi) is 7.80. The Morgan fingerprint density at radius 2 is 1.79 bits per heavy atom. The summed E-state index contributed by atoms with van der Waals surface area (Å²) in [7, 11) is 1.20. The van der Waals surface area contributed by atoms with Gasteiger partial charge >= 0.3 is 11.9 Å². The van der Waals surface area contributed by atoms with Crippen molar-refractivity contribution in [3.05, 3.63) is 122 Å². The molecule has 42 heavy (non-hydrogen) atoms. The van der Waals surface area contributed by atoms with Crippen LogP contribution in [0.1, 0.15) is 38.1 Å². The van der Waals surface area contributed by atoms with Crippen LogP contribution < -0.4 is 9.64 Å². The van der Waals surface area contributed by atoms with Crippen molar-refractivity contribution in [3.8, 4) is 5.75 Å². The Labute approximate surface area is 243 Å². The maximum atomic E-state index is 13.4. The zero-order valence-corrected chi connectivity index (χ0v) is 23.2. The number of nitrogens with zero attached hydrogens (tertiary/aromatic N) is 3. The van der Waals surface area contributed by atoms with Gasteiger partial charge in [-0.3, -0.25) is 24.6 Å². The predicted octanol–water partition coefficient (Wildman–Crippen LogP) is 5.35. The lowest BCUT2D eigenvalue weighted by molar-refractivity contribution is -0.384. The number of anilines is 1. The number of nitro groups is 1. The van der Waals surface area contributed by atoms with Crippen LogP contribution in [-0.4, -0.2) is 39.8 Å². The number of benzene rings is 3. The highest BCUT2D eigenvalue weighted by Gasteiger charge is 2.48. The van der Waals surface area contributed by atoms with Gasteiger partial charge in [-0.05, 0) is 42.3 Å². The molecule has 3 aromatic carbocycles. The summed E-state index contributed by atoms with van der Waals surface area (Å²) in [6.45, 7) is 1.87. The Balaban J connectivity index is 1.58. The first-order chi connectivity index (χ1) is 20.2. The zero-order valence-electron chi connectivity index (χ0n) is 22.3. The number of hydrogen-bond donors (Lipinski definition) is 1. The molecule has 1 atom stereocenters. The van der Waals surface area contributed by atoms with E-state index >= 15 is 0 Å². The maximum Gasteiger partial charge on any atom is 0.350 e. The number of ether oxygens (including phenoxy) is 2. The Morgan fingerprint density at radius 1 is 1.07 bits per heavy atom. The zero-order chi connectivity index (χ0) is 30.0. The molecule has 212 valence electrons. The molecule has 1 amide bonds. The molecule has 1 saturated heterocycles. The topological polar surface area (TPSA) is 149 Å². The molecule has 0 saturated carbocycles. The molecule has 4 aromatic rings. The number of rotatable bonds is 8. The molecular weight excluding hydrogens is 562 g/mol.